The van der Waals surface area contributed by atoms with Crippen molar-refractivity contribution in [2.24, 2.45) is 0 Å². The fourth-order valence-electron chi connectivity index (χ4n) is 0.873. The van der Waals surface area contributed by atoms with Crippen LogP contribution in [-0.2, 0) is 14.8 Å². The molecular weight excluding hydrogens is 204 g/mol. The van der Waals surface area contributed by atoms with Crippen molar-refractivity contribution in [3.05, 3.63) is 0 Å². The highest BCUT2D eigenvalue weighted by molar-refractivity contribution is 7.89. The van der Waals surface area contributed by atoms with Crippen molar-refractivity contribution in [2.75, 3.05) is 46.2 Å². The van der Waals surface area contributed by atoms with E-state index in [4.69, 9.17) is 4.74 Å². The average Bonchev–Trinajstić information content (AvgIpc) is 2.14. The molecule has 86 valence electrons. The lowest BCUT2D eigenvalue weighted by Crippen LogP contribution is -2.35. The highest BCUT2D eigenvalue weighted by Gasteiger charge is 2.16. The fraction of sp³-hybridized carbons (Fsp3) is 1.00. The third-order valence-corrected chi connectivity index (χ3v) is 3.66. The molecule has 0 aromatic heterocycles. The van der Waals surface area contributed by atoms with Crippen LogP contribution in [0.4, 0.5) is 0 Å². The molecule has 0 unspecified atom stereocenters. The predicted octanol–water partition coefficient (Wildman–Crippen LogP) is -0.496. The number of ether oxygens (including phenoxy) is 1. The monoisotopic (exact) mass is 224 g/mol. The molecule has 6 heteroatoms. The van der Waals surface area contributed by atoms with Crippen molar-refractivity contribution in [1.29, 1.82) is 0 Å². The number of nitrogens with one attached hydrogen (secondary N) is 1. The molecule has 0 spiro atoms. The molecule has 0 aromatic carbocycles. The van der Waals surface area contributed by atoms with Crippen LogP contribution in [0.3, 0.4) is 0 Å². The van der Waals surface area contributed by atoms with Gasteiger partial charge in [0.05, 0.1) is 12.4 Å². The first-order valence-electron chi connectivity index (χ1n) is 4.71. The van der Waals surface area contributed by atoms with Crippen LogP contribution in [0, 0.1) is 0 Å². The minimum absolute atomic E-state index is 0.0566. The van der Waals surface area contributed by atoms with Crippen LogP contribution in [0.25, 0.3) is 0 Å². The Kier molecular flexibility index (Phi) is 7.08. The highest BCUT2D eigenvalue weighted by atomic mass is 32.2. The van der Waals surface area contributed by atoms with Gasteiger partial charge < -0.3 is 10.1 Å². The van der Waals surface area contributed by atoms with Crippen molar-refractivity contribution in [2.45, 2.75) is 6.92 Å². The summed E-state index contributed by atoms with van der Waals surface area (Å²) in [5.41, 5.74) is 0. The summed E-state index contributed by atoms with van der Waals surface area (Å²) in [5, 5.41) is 2.90. The molecule has 0 amide bonds. The minimum Gasteiger partial charge on any atom is -0.381 e. The van der Waals surface area contributed by atoms with Gasteiger partial charge in [-0.25, -0.2) is 12.7 Å². The van der Waals surface area contributed by atoms with Crippen molar-refractivity contribution < 1.29 is 13.2 Å². The predicted molar refractivity (Wildman–Crippen MR) is 56.8 cm³/mol. The summed E-state index contributed by atoms with van der Waals surface area (Å²) in [6.07, 6.45) is 0. The van der Waals surface area contributed by atoms with Gasteiger partial charge in [-0.1, -0.05) is 0 Å². The Labute approximate surface area is 86.5 Å². The zero-order chi connectivity index (χ0) is 11.0. The van der Waals surface area contributed by atoms with Gasteiger partial charge in [0.1, 0.15) is 0 Å². The van der Waals surface area contributed by atoms with Crippen molar-refractivity contribution in [3.63, 3.8) is 0 Å². The molecule has 5 nitrogen and oxygen atoms in total. The quantitative estimate of drug-likeness (QED) is 0.565. The lowest BCUT2D eigenvalue weighted by Gasteiger charge is -2.16. The molecule has 0 aliphatic carbocycles. The first-order valence-corrected chi connectivity index (χ1v) is 6.32. The van der Waals surface area contributed by atoms with E-state index >= 15 is 0 Å². The molecule has 0 rings (SSSR count). The molecule has 0 bridgehead atoms. The Morgan fingerprint density at radius 2 is 2.07 bits per heavy atom. The molecule has 1 N–H and O–H groups in total. The van der Waals surface area contributed by atoms with Gasteiger partial charge in [0.2, 0.25) is 10.0 Å². The van der Waals surface area contributed by atoms with Crippen molar-refractivity contribution in [3.8, 4) is 0 Å². The Bertz CT molecular complexity index is 229. The van der Waals surface area contributed by atoms with Crippen molar-refractivity contribution >= 4 is 10.0 Å². The van der Waals surface area contributed by atoms with Crippen molar-refractivity contribution in [1.82, 2.24) is 9.62 Å². The fourth-order valence-corrected chi connectivity index (χ4v) is 1.88. The van der Waals surface area contributed by atoms with Crippen LogP contribution >= 0.6 is 0 Å². The second kappa shape index (κ2) is 7.17. The van der Waals surface area contributed by atoms with Crippen LogP contribution in [0.5, 0.6) is 0 Å². The van der Waals surface area contributed by atoms with E-state index in [-0.39, 0.29) is 12.4 Å². The summed E-state index contributed by atoms with van der Waals surface area (Å²) in [4.78, 5) is 0. The molecule has 0 saturated heterocycles. The molecule has 0 aromatic rings. The smallest absolute Gasteiger partial charge is 0.216 e. The molecule has 0 aliphatic heterocycles. The van der Waals surface area contributed by atoms with E-state index < -0.39 is 10.0 Å². The van der Waals surface area contributed by atoms with E-state index in [1.165, 1.54) is 4.31 Å². The first-order chi connectivity index (χ1) is 6.54. The summed E-state index contributed by atoms with van der Waals surface area (Å²) in [5.74, 6) is 0.0566. The number of sulfonamides is 1. The molecule has 0 atom stereocenters. The number of hydrogen-bond donors (Lipinski definition) is 1. The highest BCUT2D eigenvalue weighted by Crippen LogP contribution is 1.97. The van der Waals surface area contributed by atoms with Gasteiger partial charge in [0.15, 0.2) is 0 Å². The van der Waals surface area contributed by atoms with E-state index in [2.05, 4.69) is 5.32 Å². The third-order valence-electron chi connectivity index (χ3n) is 1.84. The topological polar surface area (TPSA) is 58.6 Å². The molecule has 0 aliphatic rings. The average molecular weight is 224 g/mol. The van der Waals surface area contributed by atoms with Crippen LogP contribution < -0.4 is 5.32 Å². The molecule has 0 heterocycles. The molecule has 14 heavy (non-hydrogen) atoms. The maximum Gasteiger partial charge on any atom is 0.216 e. The van der Waals surface area contributed by atoms with Gasteiger partial charge in [0, 0.05) is 26.7 Å². The third kappa shape index (κ3) is 5.54. The normalized spacial score (nSPS) is 12.3. The molecule has 0 saturated carbocycles. The summed E-state index contributed by atoms with van der Waals surface area (Å²) < 4.78 is 29.4. The first kappa shape index (κ1) is 13.8. The Balaban J connectivity index is 3.91. The number of likely N-dealkylation sites (N-methyl/N-ethyl adjacent to an activating group) is 2. The molecular formula is C8H20N2O3S. The van der Waals surface area contributed by atoms with Gasteiger partial charge in [-0.05, 0) is 14.0 Å². The summed E-state index contributed by atoms with van der Waals surface area (Å²) in [7, 11) is 0.238. The summed E-state index contributed by atoms with van der Waals surface area (Å²) in [6.45, 7) is 3.81. The van der Waals surface area contributed by atoms with E-state index in [0.29, 0.717) is 19.7 Å². The summed E-state index contributed by atoms with van der Waals surface area (Å²) in [6, 6.07) is 0. The molecule has 0 radical (unpaired) electrons. The second-order valence-electron chi connectivity index (χ2n) is 2.94. The zero-order valence-electron chi connectivity index (χ0n) is 9.12. The standard InChI is InChI=1S/C8H20N2O3S/c1-4-13-7-8-14(11,12)10(3)6-5-9-2/h9H,4-8H2,1-3H3. The maximum absolute atomic E-state index is 11.5. The SMILES string of the molecule is CCOCCS(=O)(=O)N(C)CCNC. The Hall–Kier alpha value is -0.170. The number of nitrogens with zero attached hydrogens (tertiary/aromatic N) is 1. The maximum atomic E-state index is 11.5. The Morgan fingerprint density at radius 3 is 2.57 bits per heavy atom. The number of rotatable bonds is 8. The number of hydrogen-bond acceptors (Lipinski definition) is 4. The van der Waals surface area contributed by atoms with Crippen LogP contribution in [-0.4, -0.2) is 58.9 Å². The van der Waals surface area contributed by atoms with Gasteiger partial charge in [-0.3, -0.25) is 0 Å². The largest absolute Gasteiger partial charge is 0.381 e. The van der Waals surface area contributed by atoms with E-state index in [1.54, 1.807) is 14.1 Å². The van der Waals surface area contributed by atoms with E-state index in [1.807, 2.05) is 6.92 Å². The molecule has 0 fully saturated rings. The second-order valence-corrected chi connectivity index (χ2v) is 5.13. The van der Waals surface area contributed by atoms with Gasteiger partial charge in [0.25, 0.3) is 0 Å². The summed E-state index contributed by atoms with van der Waals surface area (Å²) >= 11 is 0. The lowest BCUT2D eigenvalue weighted by atomic mass is 10.6. The van der Waals surface area contributed by atoms with E-state index in [0.717, 1.165) is 0 Å². The minimum atomic E-state index is -3.14. The zero-order valence-corrected chi connectivity index (χ0v) is 9.93. The van der Waals surface area contributed by atoms with Crippen LogP contribution in [0.2, 0.25) is 0 Å². The van der Waals surface area contributed by atoms with Gasteiger partial charge >= 0.3 is 0 Å². The van der Waals surface area contributed by atoms with Crippen LogP contribution in [0.15, 0.2) is 0 Å². The van der Waals surface area contributed by atoms with Crippen LogP contribution in [0.1, 0.15) is 6.92 Å². The van der Waals surface area contributed by atoms with E-state index in [9.17, 15) is 8.42 Å². The van der Waals surface area contributed by atoms with Gasteiger partial charge in [-0.15, -0.1) is 0 Å². The van der Waals surface area contributed by atoms with Gasteiger partial charge in [-0.2, -0.15) is 0 Å². The lowest BCUT2D eigenvalue weighted by molar-refractivity contribution is 0.162. The Morgan fingerprint density at radius 1 is 1.43 bits per heavy atom.